The third-order valence-electron chi connectivity index (χ3n) is 2.59. The van der Waals surface area contributed by atoms with E-state index in [9.17, 15) is 14.0 Å². The lowest BCUT2D eigenvalue weighted by atomic mass is 9.98. The summed E-state index contributed by atoms with van der Waals surface area (Å²) in [6.45, 7) is 0. The predicted octanol–water partition coefficient (Wildman–Crippen LogP) is 0.247. The van der Waals surface area contributed by atoms with Gasteiger partial charge in [-0.05, 0) is 29.8 Å². The normalized spacial score (nSPS) is 17.9. The van der Waals surface area contributed by atoms with Gasteiger partial charge in [-0.1, -0.05) is 6.08 Å². The molecule has 1 atom stereocenters. The van der Waals surface area contributed by atoms with Crippen LogP contribution in [0.2, 0.25) is 0 Å². The van der Waals surface area contributed by atoms with Gasteiger partial charge in [-0.25, -0.2) is 9.38 Å². The van der Waals surface area contributed by atoms with Crippen molar-refractivity contribution in [2.75, 3.05) is 0 Å². The van der Waals surface area contributed by atoms with Crippen LogP contribution < -0.4 is 10.6 Å². The Labute approximate surface area is 96.1 Å². The van der Waals surface area contributed by atoms with Crippen LogP contribution in [0.15, 0.2) is 23.2 Å². The average Bonchev–Trinajstić information content (AvgIpc) is 2.26. The highest BCUT2D eigenvalue weighted by atomic mass is 19.1. The van der Waals surface area contributed by atoms with Crippen molar-refractivity contribution in [1.82, 2.24) is 0 Å². The lowest BCUT2D eigenvalue weighted by molar-refractivity contribution is -0.137. The summed E-state index contributed by atoms with van der Waals surface area (Å²) in [5.41, 5.74) is 0. The van der Waals surface area contributed by atoms with E-state index in [2.05, 4.69) is 4.99 Å². The molecule has 0 aliphatic carbocycles. The highest BCUT2D eigenvalue weighted by molar-refractivity contribution is 5.86. The van der Waals surface area contributed by atoms with Crippen molar-refractivity contribution in [2.24, 2.45) is 10.9 Å². The van der Waals surface area contributed by atoms with Gasteiger partial charge in [0.25, 0.3) is 5.91 Å². The molecule has 1 N–H and O–H groups in total. The number of benzene rings is 1. The fourth-order valence-corrected chi connectivity index (χ4v) is 1.74. The minimum atomic E-state index is -0.962. The summed E-state index contributed by atoms with van der Waals surface area (Å²) in [5, 5.41) is 9.53. The van der Waals surface area contributed by atoms with Gasteiger partial charge in [0.2, 0.25) is 0 Å². The van der Waals surface area contributed by atoms with E-state index in [0.717, 1.165) is 0 Å². The van der Waals surface area contributed by atoms with E-state index in [1.54, 1.807) is 6.08 Å². The number of hydrogen-bond acceptors (Lipinski definition) is 2. The first-order valence-corrected chi connectivity index (χ1v) is 5.18. The molecular weight excluding hydrogens is 225 g/mol. The molecule has 2 rings (SSSR count). The van der Waals surface area contributed by atoms with Gasteiger partial charge in [-0.15, -0.1) is 0 Å². The lowest BCUT2D eigenvalue weighted by Gasteiger charge is -2.10. The number of carboxylic acids is 1. The number of rotatable bonds is 3. The van der Waals surface area contributed by atoms with Gasteiger partial charge in [0.1, 0.15) is 5.82 Å². The van der Waals surface area contributed by atoms with Crippen LogP contribution in [-0.4, -0.2) is 17.0 Å². The zero-order chi connectivity index (χ0) is 12.4. The van der Waals surface area contributed by atoms with Gasteiger partial charge in [0.05, 0.1) is 11.3 Å². The summed E-state index contributed by atoms with van der Waals surface area (Å²) < 4.78 is 13.0. The molecule has 1 amide bonds. The van der Waals surface area contributed by atoms with Crippen LogP contribution in [0.25, 0.3) is 6.08 Å². The van der Waals surface area contributed by atoms with Crippen LogP contribution in [-0.2, 0) is 9.59 Å². The molecule has 5 heteroatoms. The quantitative estimate of drug-likeness (QED) is 0.816. The third-order valence-corrected chi connectivity index (χ3v) is 2.59. The fourth-order valence-electron chi connectivity index (χ4n) is 1.74. The van der Waals surface area contributed by atoms with E-state index in [0.29, 0.717) is 10.6 Å². The Morgan fingerprint density at radius 3 is 2.94 bits per heavy atom. The summed E-state index contributed by atoms with van der Waals surface area (Å²) in [4.78, 5) is 25.8. The van der Waals surface area contributed by atoms with E-state index in [1.807, 2.05) is 0 Å². The van der Waals surface area contributed by atoms with Crippen molar-refractivity contribution in [3.63, 3.8) is 0 Å². The van der Waals surface area contributed by atoms with Gasteiger partial charge in [-0.3, -0.25) is 9.59 Å². The van der Waals surface area contributed by atoms with Crippen molar-refractivity contribution < 1.29 is 19.1 Å². The first-order valence-electron chi connectivity index (χ1n) is 5.18. The SMILES string of the molecule is O=C(O)CCC1C=c2cc(F)ccc2=NC1=O. The van der Waals surface area contributed by atoms with E-state index in [-0.39, 0.29) is 18.7 Å². The molecule has 0 saturated heterocycles. The predicted molar refractivity (Wildman–Crippen MR) is 57.0 cm³/mol. The van der Waals surface area contributed by atoms with E-state index >= 15 is 0 Å². The summed E-state index contributed by atoms with van der Waals surface area (Å²) in [7, 11) is 0. The second-order valence-electron chi connectivity index (χ2n) is 3.86. The highest BCUT2D eigenvalue weighted by Crippen LogP contribution is 2.11. The zero-order valence-corrected chi connectivity index (χ0v) is 8.89. The number of halogens is 1. The molecule has 1 unspecified atom stereocenters. The molecule has 0 bridgehead atoms. The second kappa shape index (κ2) is 4.45. The minimum absolute atomic E-state index is 0.104. The topological polar surface area (TPSA) is 66.7 Å². The smallest absolute Gasteiger partial charge is 0.303 e. The Balaban J connectivity index is 2.34. The number of aliphatic carboxylic acids is 1. The van der Waals surface area contributed by atoms with Crippen LogP contribution >= 0.6 is 0 Å². The van der Waals surface area contributed by atoms with Crippen molar-refractivity contribution >= 4 is 18.0 Å². The molecule has 1 aromatic carbocycles. The zero-order valence-electron chi connectivity index (χ0n) is 8.89. The van der Waals surface area contributed by atoms with Crippen LogP contribution in [0, 0.1) is 11.7 Å². The van der Waals surface area contributed by atoms with E-state index in [4.69, 9.17) is 5.11 Å². The largest absolute Gasteiger partial charge is 0.481 e. The Morgan fingerprint density at radius 2 is 2.24 bits per heavy atom. The van der Waals surface area contributed by atoms with E-state index in [1.165, 1.54) is 18.2 Å². The molecule has 0 fully saturated rings. The fraction of sp³-hybridized carbons (Fsp3) is 0.250. The van der Waals surface area contributed by atoms with Crippen LogP contribution in [0.3, 0.4) is 0 Å². The number of nitrogens with zero attached hydrogens (tertiary/aromatic N) is 1. The molecule has 1 aliphatic rings. The molecule has 0 radical (unpaired) electrons. The molecule has 0 spiro atoms. The lowest BCUT2D eigenvalue weighted by Crippen LogP contribution is -2.34. The number of carbonyl (C=O) groups is 2. The number of fused-ring (bicyclic) bond motifs is 1. The van der Waals surface area contributed by atoms with Gasteiger partial charge in [0.15, 0.2) is 0 Å². The van der Waals surface area contributed by atoms with Crippen molar-refractivity contribution in [3.8, 4) is 0 Å². The molecule has 1 aromatic rings. The number of amides is 1. The molecule has 1 aliphatic heterocycles. The molecule has 0 aromatic heterocycles. The van der Waals surface area contributed by atoms with Crippen LogP contribution in [0.5, 0.6) is 0 Å². The Morgan fingerprint density at radius 1 is 1.47 bits per heavy atom. The maximum absolute atomic E-state index is 13.0. The van der Waals surface area contributed by atoms with Gasteiger partial charge >= 0.3 is 5.97 Å². The molecule has 17 heavy (non-hydrogen) atoms. The maximum Gasteiger partial charge on any atom is 0.303 e. The molecule has 1 heterocycles. The number of carboxylic acid groups (broad SMARTS) is 1. The van der Waals surface area contributed by atoms with Gasteiger partial charge in [-0.2, -0.15) is 0 Å². The van der Waals surface area contributed by atoms with Gasteiger partial charge < -0.3 is 5.11 Å². The first-order chi connectivity index (χ1) is 8.06. The minimum Gasteiger partial charge on any atom is -0.481 e. The standard InChI is InChI=1S/C12H10FNO3/c13-9-2-3-10-8(6-9)5-7(12(17)14-10)1-4-11(15)16/h2-3,5-7H,1,4H2,(H,15,16). The van der Waals surface area contributed by atoms with E-state index < -0.39 is 17.7 Å². The molecule has 0 saturated carbocycles. The van der Waals surface area contributed by atoms with Crippen LogP contribution in [0.1, 0.15) is 12.8 Å². The molecular formula is C12H10FNO3. The maximum atomic E-state index is 13.0. The average molecular weight is 235 g/mol. The van der Waals surface area contributed by atoms with Crippen molar-refractivity contribution in [2.45, 2.75) is 12.8 Å². The van der Waals surface area contributed by atoms with Crippen molar-refractivity contribution in [1.29, 1.82) is 0 Å². The monoisotopic (exact) mass is 235 g/mol. The summed E-state index contributed by atoms with van der Waals surface area (Å²) in [6.07, 6.45) is 1.66. The molecule has 88 valence electrons. The Kier molecular flexibility index (Phi) is 2.99. The second-order valence-corrected chi connectivity index (χ2v) is 3.86. The number of carbonyl (C=O) groups excluding carboxylic acids is 1. The summed E-state index contributed by atoms with van der Waals surface area (Å²) in [5.74, 6) is -2.30. The summed E-state index contributed by atoms with van der Waals surface area (Å²) >= 11 is 0. The molecule has 4 nitrogen and oxygen atoms in total. The van der Waals surface area contributed by atoms with Crippen molar-refractivity contribution in [3.05, 3.63) is 34.6 Å². The van der Waals surface area contributed by atoms with Crippen LogP contribution in [0.4, 0.5) is 4.39 Å². The Bertz CT molecular complexity index is 594. The summed E-state index contributed by atoms with van der Waals surface area (Å²) in [6, 6.07) is 3.96. The Hall–Kier alpha value is -2.04. The number of hydrogen-bond donors (Lipinski definition) is 1. The highest BCUT2D eigenvalue weighted by Gasteiger charge is 2.19. The first kappa shape index (κ1) is 11.4. The third kappa shape index (κ3) is 2.55. The van der Waals surface area contributed by atoms with Gasteiger partial charge in [0, 0.05) is 6.42 Å².